The zero-order valence-electron chi connectivity index (χ0n) is 9.85. The normalized spacial score (nSPS) is 16.0. The van der Waals surface area contributed by atoms with Crippen molar-refractivity contribution in [1.29, 1.82) is 0 Å². The largest absolute Gasteiger partial charge is 0.378 e. The third-order valence-electron chi connectivity index (χ3n) is 2.76. The summed E-state index contributed by atoms with van der Waals surface area (Å²) in [6.07, 6.45) is 1.66. The number of aromatic nitrogens is 2. The van der Waals surface area contributed by atoms with Crippen LogP contribution in [0.15, 0.2) is 6.20 Å². The van der Waals surface area contributed by atoms with Crippen LogP contribution in [0.3, 0.4) is 0 Å². The number of nitrogens with one attached hydrogen (secondary N) is 1. The number of amides is 2. The molecule has 17 heavy (non-hydrogen) atoms. The maximum absolute atomic E-state index is 12.0. The lowest BCUT2D eigenvalue weighted by Gasteiger charge is -2.27. The standard InChI is InChI=1S/C10H17N5O2/c1-14-9(8(6-11)7-12-14)13-10(16)15-2-4-17-5-3-15/h7H,2-6,11H2,1H3,(H,13,16). The minimum absolute atomic E-state index is 0.133. The summed E-state index contributed by atoms with van der Waals surface area (Å²) < 4.78 is 6.81. The van der Waals surface area contributed by atoms with E-state index in [1.54, 1.807) is 22.8 Å². The maximum Gasteiger partial charge on any atom is 0.323 e. The summed E-state index contributed by atoms with van der Waals surface area (Å²) >= 11 is 0. The molecule has 7 heteroatoms. The molecule has 0 aromatic carbocycles. The van der Waals surface area contributed by atoms with Crippen molar-refractivity contribution < 1.29 is 9.53 Å². The molecule has 2 heterocycles. The second-order valence-corrected chi connectivity index (χ2v) is 3.88. The molecule has 1 aliphatic heterocycles. The Bertz CT molecular complexity index is 397. The number of morpholine rings is 1. The molecule has 1 aliphatic rings. The Morgan fingerprint density at radius 2 is 2.29 bits per heavy atom. The van der Waals surface area contributed by atoms with Crippen molar-refractivity contribution in [2.75, 3.05) is 31.6 Å². The minimum Gasteiger partial charge on any atom is -0.378 e. The maximum atomic E-state index is 12.0. The number of nitrogens with two attached hydrogens (primary N) is 1. The summed E-state index contributed by atoms with van der Waals surface area (Å²) in [6, 6.07) is -0.133. The van der Waals surface area contributed by atoms with E-state index in [0.717, 1.165) is 5.56 Å². The Balaban J connectivity index is 2.04. The highest BCUT2D eigenvalue weighted by atomic mass is 16.5. The fourth-order valence-electron chi connectivity index (χ4n) is 1.74. The van der Waals surface area contributed by atoms with Gasteiger partial charge >= 0.3 is 6.03 Å². The van der Waals surface area contributed by atoms with E-state index in [1.807, 2.05) is 0 Å². The third kappa shape index (κ3) is 2.56. The Kier molecular flexibility index (Phi) is 3.60. The van der Waals surface area contributed by atoms with E-state index in [9.17, 15) is 4.79 Å². The molecule has 0 spiro atoms. The van der Waals surface area contributed by atoms with Crippen LogP contribution in [-0.4, -0.2) is 47.0 Å². The van der Waals surface area contributed by atoms with Gasteiger partial charge in [0, 0.05) is 32.2 Å². The predicted molar refractivity (Wildman–Crippen MR) is 62.5 cm³/mol. The van der Waals surface area contributed by atoms with Crippen LogP contribution in [-0.2, 0) is 18.3 Å². The Hall–Kier alpha value is -1.60. The SMILES string of the molecule is Cn1ncc(CN)c1NC(=O)N1CCOCC1. The van der Waals surface area contributed by atoms with Crippen molar-refractivity contribution >= 4 is 11.8 Å². The molecule has 0 unspecified atom stereocenters. The molecular weight excluding hydrogens is 222 g/mol. The zero-order chi connectivity index (χ0) is 12.3. The van der Waals surface area contributed by atoms with Gasteiger partial charge in [-0.15, -0.1) is 0 Å². The molecule has 0 radical (unpaired) electrons. The van der Waals surface area contributed by atoms with E-state index < -0.39 is 0 Å². The van der Waals surface area contributed by atoms with Crippen LogP contribution in [0.5, 0.6) is 0 Å². The highest BCUT2D eigenvalue weighted by Crippen LogP contribution is 2.14. The van der Waals surface area contributed by atoms with Gasteiger partial charge in [0.1, 0.15) is 5.82 Å². The Morgan fingerprint density at radius 1 is 1.59 bits per heavy atom. The summed E-state index contributed by atoms with van der Waals surface area (Å²) in [5.41, 5.74) is 6.41. The van der Waals surface area contributed by atoms with Crippen molar-refractivity contribution in [2.24, 2.45) is 12.8 Å². The second-order valence-electron chi connectivity index (χ2n) is 3.88. The molecule has 1 aromatic heterocycles. The highest BCUT2D eigenvalue weighted by Gasteiger charge is 2.19. The van der Waals surface area contributed by atoms with E-state index in [4.69, 9.17) is 10.5 Å². The Labute approximate surface area is 99.5 Å². The fourth-order valence-corrected chi connectivity index (χ4v) is 1.74. The third-order valence-corrected chi connectivity index (χ3v) is 2.76. The average Bonchev–Trinajstić information content (AvgIpc) is 2.71. The lowest BCUT2D eigenvalue weighted by atomic mass is 10.3. The van der Waals surface area contributed by atoms with Crippen molar-refractivity contribution in [3.63, 3.8) is 0 Å². The first-order valence-corrected chi connectivity index (χ1v) is 5.57. The van der Waals surface area contributed by atoms with E-state index in [1.165, 1.54) is 0 Å². The van der Waals surface area contributed by atoms with Gasteiger partial charge in [-0.1, -0.05) is 0 Å². The summed E-state index contributed by atoms with van der Waals surface area (Å²) in [5, 5.41) is 6.90. The minimum atomic E-state index is -0.133. The molecule has 1 saturated heterocycles. The number of anilines is 1. The van der Waals surface area contributed by atoms with Gasteiger partial charge in [0.25, 0.3) is 0 Å². The number of hydrogen-bond acceptors (Lipinski definition) is 4. The van der Waals surface area contributed by atoms with Gasteiger partial charge in [-0.25, -0.2) is 4.79 Å². The number of ether oxygens (including phenoxy) is 1. The number of urea groups is 1. The van der Waals surface area contributed by atoms with E-state index in [0.29, 0.717) is 38.7 Å². The molecule has 1 fully saturated rings. The smallest absolute Gasteiger partial charge is 0.323 e. The average molecular weight is 239 g/mol. The fraction of sp³-hybridized carbons (Fsp3) is 0.600. The highest BCUT2D eigenvalue weighted by molar-refractivity contribution is 5.89. The summed E-state index contributed by atoms with van der Waals surface area (Å²) in [6.45, 7) is 2.75. The topological polar surface area (TPSA) is 85.4 Å². The second kappa shape index (κ2) is 5.15. The molecule has 0 aliphatic carbocycles. The van der Waals surface area contributed by atoms with Gasteiger partial charge < -0.3 is 15.4 Å². The number of nitrogens with zero attached hydrogens (tertiary/aromatic N) is 3. The van der Waals surface area contributed by atoms with Crippen molar-refractivity contribution in [3.8, 4) is 0 Å². The molecule has 0 saturated carbocycles. The van der Waals surface area contributed by atoms with E-state index in [-0.39, 0.29) is 6.03 Å². The summed E-state index contributed by atoms with van der Waals surface area (Å²) in [7, 11) is 1.77. The monoisotopic (exact) mass is 239 g/mol. The van der Waals surface area contributed by atoms with Crippen LogP contribution >= 0.6 is 0 Å². The molecule has 0 atom stereocenters. The number of aryl methyl sites for hydroxylation is 1. The zero-order valence-corrected chi connectivity index (χ0v) is 9.85. The van der Waals surface area contributed by atoms with Crippen LogP contribution in [0.25, 0.3) is 0 Å². The molecule has 1 aromatic rings. The summed E-state index contributed by atoms with van der Waals surface area (Å²) in [5.74, 6) is 0.656. The van der Waals surface area contributed by atoms with Gasteiger partial charge in [0.15, 0.2) is 0 Å². The predicted octanol–water partition coefficient (Wildman–Crippen LogP) is -0.257. The number of carbonyl (C=O) groups is 1. The summed E-state index contributed by atoms with van der Waals surface area (Å²) in [4.78, 5) is 13.7. The molecule has 2 rings (SSSR count). The first kappa shape index (κ1) is 11.9. The number of rotatable bonds is 2. The lowest BCUT2D eigenvalue weighted by molar-refractivity contribution is 0.0564. The first-order valence-electron chi connectivity index (χ1n) is 5.57. The number of carbonyl (C=O) groups excluding carboxylic acids is 1. The molecular formula is C10H17N5O2. The van der Waals surface area contributed by atoms with E-state index >= 15 is 0 Å². The molecule has 3 N–H and O–H groups in total. The van der Waals surface area contributed by atoms with Crippen molar-refractivity contribution in [1.82, 2.24) is 14.7 Å². The first-order chi connectivity index (χ1) is 8.22. The molecule has 94 valence electrons. The van der Waals surface area contributed by atoms with Gasteiger partial charge in [-0.3, -0.25) is 10.00 Å². The van der Waals surface area contributed by atoms with Crippen LogP contribution < -0.4 is 11.1 Å². The molecule has 2 amide bonds. The van der Waals surface area contributed by atoms with Crippen LogP contribution in [0, 0.1) is 0 Å². The van der Waals surface area contributed by atoms with Gasteiger partial charge in [-0.05, 0) is 0 Å². The molecule has 0 bridgehead atoms. The van der Waals surface area contributed by atoms with Crippen LogP contribution in [0.2, 0.25) is 0 Å². The van der Waals surface area contributed by atoms with Crippen molar-refractivity contribution in [3.05, 3.63) is 11.8 Å². The van der Waals surface area contributed by atoms with Gasteiger partial charge in [0.2, 0.25) is 0 Å². The van der Waals surface area contributed by atoms with Crippen LogP contribution in [0.4, 0.5) is 10.6 Å². The van der Waals surface area contributed by atoms with Crippen molar-refractivity contribution in [2.45, 2.75) is 6.54 Å². The van der Waals surface area contributed by atoms with E-state index in [2.05, 4.69) is 10.4 Å². The molecule has 7 nitrogen and oxygen atoms in total. The van der Waals surface area contributed by atoms with Gasteiger partial charge in [0.05, 0.1) is 19.4 Å². The number of hydrogen-bond donors (Lipinski definition) is 2. The Morgan fingerprint density at radius 3 is 2.94 bits per heavy atom. The van der Waals surface area contributed by atoms with Crippen LogP contribution in [0.1, 0.15) is 5.56 Å². The van der Waals surface area contributed by atoms with Gasteiger partial charge in [-0.2, -0.15) is 5.10 Å². The quantitative estimate of drug-likeness (QED) is 0.744. The lowest BCUT2D eigenvalue weighted by Crippen LogP contribution is -2.43.